The number of nitrogens with zero attached hydrogens (tertiary/aromatic N) is 3. The van der Waals surface area contributed by atoms with Crippen LogP contribution in [0.15, 0.2) is 61.1 Å². The summed E-state index contributed by atoms with van der Waals surface area (Å²) >= 11 is 0. The van der Waals surface area contributed by atoms with Gasteiger partial charge in [0.2, 0.25) is 11.5 Å². The summed E-state index contributed by atoms with van der Waals surface area (Å²) in [6, 6.07) is 12.7. The maximum absolute atomic E-state index is 13.1. The molecule has 2 aromatic heterocycles. The lowest BCUT2D eigenvalue weighted by Gasteiger charge is -2.17. The molecule has 0 aliphatic rings. The van der Waals surface area contributed by atoms with Gasteiger partial charge in [0.15, 0.2) is 11.5 Å². The quantitative estimate of drug-likeness (QED) is 0.396. The van der Waals surface area contributed by atoms with Gasteiger partial charge < -0.3 is 19.5 Å². The second-order valence-corrected chi connectivity index (χ2v) is 7.09. The molecule has 0 atom stereocenters. The molecule has 0 fully saturated rings. The highest BCUT2D eigenvalue weighted by molar-refractivity contribution is 6.05. The van der Waals surface area contributed by atoms with Crippen molar-refractivity contribution in [3.63, 3.8) is 0 Å². The fourth-order valence-electron chi connectivity index (χ4n) is 3.45. The van der Waals surface area contributed by atoms with Gasteiger partial charge in [-0.15, -0.1) is 0 Å². The second kappa shape index (κ2) is 10.0. The number of carbonyl (C=O) groups is 1. The first-order valence-electron chi connectivity index (χ1n) is 10.9. The van der Waals surface area contributed by atoms with E-state index in [0.29, 0.717) is 54.1 Å². The standard InChI is InChI=1S/C25H26N4O4/c1-4-31-21-14-18(15-22(32-5-2)23(21)33-6-3)24(30)27-19-10-7-9-17(13-19)20-16-29-12-8-11-26-25(29)28-20/h7-16H,4-6H2,1-3H3,(H,27,30). The zero-order valence-corrected chi connectivity index (χ0v) is 18.9. The number of hydrogen-bond acceptors (Lipinski definition) is 6. The maximum Gasteiger partial charge on any atom is 0.255 e. The molecule has 1 N–H and O–H groups in total. The van der Waals surface area contributed by atoms with E-state index in [9.17, 15) is 4.79 Å². The van der Waals surface area contributed by atoms with Crippen LogP contribution < -0.4 is 19.5 Å². The number of nitrogens with one attached hydrogen (secondary N) is 1. The number of hydrogen-bond donors (Lipinski definition) is 1. The summed E-state index contributed by atoms with van der Waals surface area (Å²) in [5, 5.41) is 2.95. The first-order chi connectivity index (χ1) is 16.1. The van der Waals surface area contributed by atoms with Crippen molar-refractivity contribution in [3.8, 4) is 28.5 Å². The maximum atomic E-state index is 13.1. The highest BCUT2D eigenvalue weighted by atomic mass is 16.5. The lowest BCUT2D eigenvalue weighted by atomic mass is 10.1. The van der Waals surface area contributed by atoms with Crippen LogP contribution in [0.2, 0.25) is 0 Å². The van der Waals surface area contributed by atoms with Crippen molar-refractivity contribution in [2.75, 3.05) is 25.1 Å². The van der Waals surface area contributed by atoms with E-state index in [1.165, 1.54) is 0 Å². The number of anilines is 1. The van der Waals surface area contributed by atoms with E-state index in [-0.39, 0.29) is 5.91 Å². The van der Waals surface area contributed by atoms with Crippen LogP contribution in [-0.2, 0) is 0 Å². The molecule has 1 amide bonds. The van der Waals surface area contributed by atoms with Gasteiger partial charge in [0.05, 0.1) is 25.5 Å². The van der Waals surface area contributed by atoms with Gasteiger partial charge in [0, 0.05) is 35.4 Å². The minimum Gasteiger partial charge on any atom is -0.490 e. The molecule has 2 aromatic carbocycles. The van der Waals surface area contributed by atoms with Gasteiger partial charge in [-0.3, -0.25) is 9.20 Å². The third-order valence-electron chi connectivity index (χ3n) is 4.82. The Balaban J connectivity index is 1.62. The van der Waals surface area contributed by atoms with Crippen LogP contribution in [0, 0.1) is 0 Å². The van der Waals surface area contributed by atoms with E-state index in [0.717, 1.165) is 11.3 Å². The molecule has 0 aliphatic carbocycles. The highest BCUT2D eigenvalue weighted by Gasteiger charge is 2.18. The number of rotatable bonds is 9. The van der Waals surface area contributed by atoms with E-state index >= 15 is 0 Å². The summed E-state index contributed by atoms with van der Waals surface area (Å²) < 4.78 is 19.0. The molecule has 170 valence electrons. The number of carbonyl (C=O) groups excluding carboxylic acids is 1. The monoisotopic (exact) mass is 446 g/mol. The minimum atomic E-state index is -0.284. The zero-order chi connectivity index (χ0) is 23.2. The van der Waals surface area contributed by atoms with Gasteiger partial charge in [0.25, 0.3) is 5.91 Å². The molecule has 0 unspecified atom stereocenters. The number of ether oxygens (including phenoxy) is 3. The molecule has 8 heteroatoms. The first kappa shape index (κ1) is 22.1. The summed E-state index contributed by atoms with van der Waals surface area (Å²) in [4.78, 5) is 21.9. The van der Waals surface area contributed by atoms with Gasteiger partial charge >= 0.3 is 0 Å². The minimum absolute atomic E-state index is 0.284. The molecular weight excluding hydrogens is 420 g/mol. The fraction of sp³-hybridized carbons (Fsp3) is 0.240. The Kier molecular flexibility index (Phi) is 6.73. The average molecular weight is 447 g/mol. The normalized spacial score (nSPS) is 10.8. The molecule has 4 rings (SSSR count). The molecule has 4 aromatic rings. The average Bonchev–Trinajstić information content (AvgIpc) is 3.26. The van der Waals surface area contributed by atoms with Crippen LogP contribution >= 0.6 is 0 Å². The number of fused-ring (bicyclic) bond motifs is 1. The Morgan fingerprint density at radius 2 is 1.70 bits per heavy atom. The second-order valence-electron chi connectivity index (χ2n) is 7.09. The summed E-state index contributed by atoms with van der Waals surface area (Å²) in [6.07, 6.45) is 5.49. The highest BCUT2D eigenvalue weighted by Crippen LogP contribution is 2.39. The summed E-state index contributed by atoms with van der Waals surface area (Å²) in [5.74, 6) is 1.78. The molecule has 33 heavy (non-hydrogen) atoms. The Hall–Kier alpha value is -4.07. The number of imidazole rings is 1. The molecular formula is C25H26N4O4. The van der Waals surface area contributed by atoms with Gasteiger partial charge in [0.1, 0.15) is 0 Å². The van der Waals surface area contributed by atoms with Crippen molar-refractivity contribution in [2.45, 2.75) is 20.8 Å². The predicted octanol–water partition coefficient (Wildman–Crippen LogP) is 4.84. The zero-order valence-electron chi connectivity index (χ0n) is 18.9. The molecule has 2 heterocycles. The van der Waals surface area contributed by atoms with Crippen molar-refractivity contribution in [3.05, 3.63) is 66.6 Å². The van der Waals surface area contributed by atoms with Gasteiger partial charge in [-0.2, -0.15) is 0 Å². The SMILES string of the molecule is CCOc1cc(C(=O)Nc2cccc(-c3cn4cccnc4n3)c2)cc(OCC)c1OCC. The van der Waals surface area contributed by atoms with Crippen molar-refractivity contribution >= 4 is 17.4 Å². The van der Waals surface area contributed by atoms with E-state index in [4.69, 9.17) is 14.2 Å². The van der Waals surface area contributed by atoms with Gasteiger partial charge in [-0.05, 0) is 51.1 Å². The van der Waals surface area contributed by atoms with E-state index < -0.39 is 0 Å². The van der Waals surface area contributed by atoms with Crippen LogP contribution in [0.4, 0.5) is 5.69 Å². The van der Waals surface area contributed by atoms with E-state index in [1.54, 1.807) is 18.3 Å². The molecule has 0 radical (unpaired) electrons. The third-order valence-corrected chi connectivity index (χ3v) is 4.82. The summed E-state index contributed by atoms with van der Waals surface area (Å²) in [7, 11) is 0. The molecule has 8 nitrogen and oxygen atoms in total. The molecule has 0 saturated carbocycles. The number of aromatic nitrogens is 3. The van der Waals surface area contributed by atoms with Crippen LogP contribution in [0.5, 0.6) is 17.2 Å². The Bertz CT molecular complexity index is 1210. The molecule has 0 saturated heterocycles. The molecule has 0 spiro atoms. The number of benzene rings is 2. The lowest BCUT2D eigenvalue weighted by Crippen LogP contribution is -2.13. The Labute approximate surface area is 192 Å². The van der Waals surface area contributed by atoms with Gasteiger partial charge in [-0.1, -0.05) is 12.1 Å². The Morgan fingerprint density at radius 3 is 2.36 bits per heavy atom. The van der Waals surface area contributed by atoms with Crippen LogP contribution in [0.25, 0.3) is 17.0 Å². The van der Waals surface area contributed by atoms with Crippen LogP contribution in [-0.4, -0.2) is 40.1 Å². The molecule has 0 bridgehead atoms. The summed E-state index contributed by atoms with van der Waals surface area (Å²) in [6.45, 7) is 6.97. The molecule has 0 aliphatic heterocycles. The predicted molar refractivity (Wildman–Crippen MR) is 126 cm³/mol. The lowest BCUT2D eigenvalue weighted by molar-refractivity contribution is 0.102. The summed E-state index contributed by atoms with van der Waals surface area (Å²) in [5.41, 5.74) is 2.69. The smallest absolute Gasteiger partial charge is 0.255 e. The van der Waals surface area contributed by atoms with Crippen LogP contribution in [0.3, 0.4) is 0 Å². The third kappa shape index (κ3) is 4.90. The van der Waals surface area contributed by atoms with Crippen molar-refractivity contribution in [2.24, 2.45) is 0 Å². The first-order valence-corrected chi connectivity index (χ1v) is 10.9. The van der Waals surface area contributed by atoms with Crippen molar-refractivity contribution in [1.82, 2.24) is 14.4 Å². The van der Waals surface area contributed by atoms with Crippen LogP contribution in [0.1, 0.15) is 31.1 Å². The largest absolute Gasteiger partial charge is 0.490 e. The van der Waals surface area contributed by atoms with E-state index in [1.807, 2.05) is 67.9 Å². The van der Waals surface area contributed by atoms with E-state index in [2.05, 4.69) is 15.3 Å². The van der Waals surface area contributed by atoms with Gasteiger partial charge in [-0.25, -0.2) is 9.97 Å². The number of amides is 1. The van der Waals surface area contributed by atoms with Crippen molar-refractivity contribution in [1.29, 1.82) is 0 Å². The topological polar surface area (TPSA) is 87.0 Å². The Morgan fingerprint density at radius 1 is 0.970 bits per heavy atom. The van der Waals surface area contributed by atoms with Crippen molar-refractivity contribution < 1.29 is 19.0 Å². The fourth-order valence-corrected chi connectivity index (χ4v) is 3.45.